The predicted molar refractivity (Wildman–Crippen MR) is 135 cm³/mol. The standard InChI is InChI=1S/C26H22ClFN6/c27-22-15-32-26(31-11-10-30-25-6-1-2-9-29-25)14-21(22)19-7-8-23-24(13-19)34(17-33-23)16-18-4-3-5-20(28)12-18/h1-9,12-15,17H,10-11,16H2,(H,29,30)(H,31,32). The van der Waals surface area contributed by atoms with Crippen molar-refractivity contribution in [1.82, 2.24) is 19.5 Å². The Morgan fingerprint density at radius 3 is 2.56 bits per heavy atom. The van der Waals surface area contributed by atoms with Crippen LogP contribution < -0.4 is 10.6 Å². The van der Waals surface area contributed by atoms with Crippen LogP contribution in [-0.2, 0) is 6.54 Å². The van der Waals surface area contributed by atoms with Crippen LogP contribution in [0.3, 0.4) is 0 Å². The minimum absolute atomic E-state index is 0.249. The van der Waals surface area contributed by atoms with Crippen molar-refractivity contribution in [1.29, 1.82) is 0 Å². The molecule has 8 heteroatoms. The van der Waals surface area contributed by atoms with E-state index in [4.69, 9.17) is 11.6 Å². The van der Waals surface area contributed by atoms with Crippen molar-refractivity contribution in [2.24, 2.45) is 0 Å². The first-order valence-electron chi connectivity index (χ1n) is 10.9. The van der Waals surface area contributed by atoms with Gasteiger partial charge < -0.3 is 15.2 Å². The van der Waals surface area contributed by atoms with E-state index in [2.05, 4.69) is 31.7 Å². The van der Waals surface area contributed by atoms with E-state index >= 15 is 0 Å². The molecule has 34 heavy (non-hydrogen) atoms. The number of pyridine rings is 2. The second-order valence-electron chi connectivity index (χ2n) is 7.82. The normalized spacial score (nSPS) is 11.0. The van der Waals surface area contributed by atoms with Crippen LogP contribution in [0.4, 0.5) is 16.0 Å². The number of anilines is 2. The number of nitrogens with zero attached hydrogens (tertiary/aromatic N) is 4. The Balaban J connectivity index is 1.34. The molecule has 0 saturated heterocycles. The molecule has 0 aliphatic heterocycles. The molecule has 0 aliphatic carbocycles. The molecule has 170 valence electrons. The Morgan fingerprint density at radius 2 is 1.74 bits per heavy atom. The second kappa shape index (κ2) is 9.89. The molecule has 5 rings (SSSR count). The van der Waals surface area contributed by atoms with Gasteiger partial charge >= 0.3 is 0 Å². The summed E-state index contributed by atoms with van der Waals surface area (Å²) in [5, 5.41) is 7.14. The van der Waals surface area contributed by atoms with E-state index in [0.29, 0.717) is 24.7 Å². The quantitative estimate of drug-likeness (QED) is 0.277. The van der Waals surface area contributed by atoms with Gasteiger partial charge in [0.25, 0.3) is 0 Å². The third-order valence-corrected chi connectivity index (χ3v) is 5.73. The van der Waals surface area contributed by atoms with E-state index < -0.39 is 0 Å². The van der Waals surface area contributed by atoms with E-state index in [-0.39, 0.29) is 5.82 Å². The number of hydrogen-bond donors (Lipinski definition) is 2. The van der Waals surface area contributed by atoms with Gasteiger partial charge in [0.05, 0.1) is 22.4 Å². The van der Waals surface area contributed by atoms with Gasteiger partial charge in [-0.2, -0.15) is 0 Å². The monoisotopic (exact) mass is 472 g/mol. The van der Waals surface area contributed by atoms with Crippen LogP contribution in [-0.4, -0.2) is 32.6 Å². The highest BCUT2D eigenvalue weighted by Crippen LogP contribution is 2.31. The van der Waals surface area contributed by atoms with Crippen molar-refractivity contribution < 1.29 is 4.39 Å². The van der Waals surface area contributed by atoms with Gasteiger partial charge in [-0.15, -0.1) is 0 Å². The summed E-state index contributed by atoms with van der Waals surface area (Å²) in [6.07, 6.45) is 5.18. The molecule has 0 atom stereocenters. The number of benzene rings is 2. The smallest absolute Gasteiger partial charge is 0.126 e. The summed E-state index contributed by atoms with van der Waals surface area (Å²) in [6, 6.07) is 20.3. The fourth-order valence-electron chi connectivity index (χ4n) is 3.79. The van der Waals surface area contributed by atoms with Crippen LogP contribution in [0.5, 0.6) is 0 Å². The Bertz CT molecular complexity index is 1420. The molecule has 2 aromatic carbocycles. The Kier molecular flexibility index (Phi) is 6.35. The topological polar surface area (TPSA) is 67.7 Å². The van der Waals surface area contributed by atoms with Gasteiger partial charge in [-0.1, -0.05) is 35.9 Å². The minimum Gasteiger partial charge on any atom is -0.368 e. The van der Waals surface area contributed by atoms with Gasteiger partial charge in [0.2, 0.25) is 0 Å². The summed E-state index contributed by atoms with van der Waals surface area (Å²) >= 11 is 6.51. The molecule has 5 aromatic rings. The van der Waals surface area contributed by atoms with Crippen molar-refractivity contribution in [2.45, 2.75) is 6.54 Å². The number of fused-ring (bicyclic) bond motifs is 1. The summed E-state index contributed by atoms with van der Waals surface area (Å²) < 4.78 is 15.6. The van der Waals surface area contributed by atoms with Crippen LogP contribution in [0.25, 0.3) is 22.2 Å². The summed E-state index contributed by atoms with van der Waals surface area (Å²) in [4.78, 5) is 13.1. The lowest BCUT2D eigenvalue weighted by atomic mass is 10.1. The fraction of sp³-hybridized carbons (Fsp3) is 0.115. The first-order chi connectivity index (χ1) is 16.7. The highest BCUT2D eigenvalue weighted by molar-refractivity contribution is 6.33. The van der Waals surface area contributed by atoms with Crippen molar-refractivity contribution in [3.8, 4) is 11.1 Å². The molecule has 0 saturated carbocycles. The Labute approximate surface area is 201 Å². The molecule has 2 N–H and O–H groups in total. The molecule has 0 aliphatic rings. The first-order valence-corrected chi connectivity index (χ1v) is 11.3. The Morgan fingerprint density at radius 1 is 0.853 bits per heavy atom. The van der Waals surface area contributed by atoms with Gasteiger partial charge in [-0.25, -0.2) is 19.3 Å². The highest BCUT2D eigenvalue weighted by atomic mass is 35.5. The van der Waals surface area contributed by atoms with Crippen LogP contribution >= 0.6 is 11.6 Å². The third kappa shape index (κ3) is 5.00. The zero-order valence-electron chi connectivity index (χ0n) is 18.2. The van der Waals surface area contributed by atoms with Gasteiger partial charge in [0.1, 0.15) is 17.5 Å². The fourth-order valence-corrected chi connectivity index (χ4v) is 4.00. The second-order valence-corrected chi connectivity index (χ2v) is 8.23. The molecule has 0 bridgehead atoms. The summed E-state index contributed by atoms with van der Waals surface area (Å²) in [6.45, 7) is 1.89. The largest absolute Gasteiger partial charge is 0.368 e. The van der Waals surface area contributed by atoms with Crippen LogP contribution in [0, 0.1) is 5.82 Å². The summed E-state index contributed by atoms with van der Waals surface area (Å²) in [7, 11) is 0. The number of aromatic nitrogens is 4. The van der Waals surface area contributed by atoms with Crippen LogP contribution in [0.15, 0.2) is 85.5 Å². The molecule has 3 heterocycles. The molecule has 0 fully saturated rings. The van der Waals surface area contributed by atoms with E-state index in [1.807, 2.05) is 47.0 Å². The van der Waals surface area contributed by atoms with E-state index in [9.17, 15) is 4.39 Å². The zero-order valence-corrected chi connectivity index (χ0v) is 19.0. The lowest BCUT2D eigenvalue weighted by Crippen LogP contribution is -2.14. The third-order valence-electron chi connectivity index (χ3n) is 5.43. The highest BCUT2D eigenvalue weighted by Gasteiger charge is 2.10. The molecule has 0 spiro atoms. The minimum atomic E-state index is -0.249. The van der Waals surface area contributed by atoms with Gasteiger partial charge in [0, 0.05) is 37.6 Å². The number of rotatable bonds is 8. The van der Waals surface area contributed by atoms with Crippen LogP contribution in [0.2, 0.25) is 5.02 Å². The van der Waals surface area contributed by atoms with Crippen molar-refractivity contribution in [3.63, 3.8) is 0 Å². The zero-order chi connectivity index (χ0) is 23.3. The maximum atomic E-state index is 13.6. The average Bonchev–Trinajstić information content (AvgIpc) is 3.25. The molecule has 0 amide bonds. The number of halogens is 2. The first kappa shape index (κ1) is 21.9. The van der Waals surface area contributed by atoms with Gasteiger partial charge in [-0.3, -0.25) is 0 Å². The maximum absolute atomic E-state index is 13.6. The summed E-state index contributed by atoms with van der Waals surface area (Å²) in [5.41, 5.74) is 4.51. The molecule has 3 aromatic heterocycles. The lowest BCUT2D eigenvalue weighted by Gasteiger charge is -2.11. The number of imidazole rings is 1. The number of hydrogen-bond acceptors (Lipinski definition) is 5. The van der Waals surface area contributed by atoms with E-state index in [1.54, 1.807) is 24.8 Å². The van der Waals surface area contributed by atoms with Crippen molar-refractivity contribution in [3.05, 3.63) is 102 Å². The molecular formula is C26H22ClFN6. The van der Waals surface area contributed by atoms with Crippen molar-refractivity contribution >= 4 is 34.3 Å². The van der Waals surface area contributed by atoms with Gasteiger partial charge in [0.15, 0.2) is 0 Å². The van der Waals surface area contributed by atoms with Gasteiger partial charge in [-0.05, 0) is 53.6 Å². The Hall–Kier alpha value is -3.97. The predicted octanol–water partition coefficient (Wildman–Crippen LogP) is 5.86. The molecule has 6 nitrogen and oxygen atoms in total. The van der Waals surface area contributed by atoms with E-state index in [1.165, 1.54) is 12.1 Å². The SMILES string of the molecule is Fc1cccc(Cn2cnc3ccc(-c4cc(NCCNc5ccccn5)ncc4Cl)cc32)c1. The maximum Gasteiger partial charge on any atom is 0.126 e. The average molecular weight is 473 g/mol. The van der Waals surface area contributed by atoms with Crippen LogP contribution in [0.1, 0.15) is 5.56 Å². The number of nitrogens with one attached hydrogen (secondary N) is 2. The molecular weight excluding hydrogens is 451 g/mol. The van der Waals surface area contributed by atoms with Crippen molar-refractivity contribution in [2.75, 3.05) is 23.7 Å². The summed E-state index contributed by atoms with van der Waals surface area (Å²) in [5.74, 6) is 1.31. The molecule has 0 radical (unpaired) electrons. The van der Waals surface area contributed by atoms with E-state index in [0.717, 1.165) is 39.4 Å². The molecule has 0 unspecified atom stereocenters. The lowest BCUT2D eigenvalue weighted by molar-refractivity contribution is 0.624.